The molecule has 0 radical (unpaired) electrons. The van der Waals surface area contributed by atoms with E-state index < -0.39 is 0 Å². The number of likely N-dealkylation sites (tertiary alicyclic amines) is 1. The maximum Gasteiger partial charge on any atom is 0.0346 e. The third-order valence-electron chi connectivity index (χ3n) is 3.94. The lowest BCUT2D eigenvalue weighted by Crippen LogP contribution is -2.45. The monoisotopic (exact) mass is 310 g/mol. The Labute approximate surface area is 119 Å². The summed E-state index contributed by atoms with van der Waals surface area (Å²) >= 11 is 3.51. The van der Waals surface area contributed by atoms with Gasteiger partial charge in [-0.3, -0.25) is 4.90 Å². The normalized spacial score (nSPS) is 22.9. The Morgan fingerprint density at radius 3 is 2.72 bits per heavy atom. The van der Waals surface area contributed by atoms with Gasteiger partial charge in [-0.25, -0.2) is 0 Å². The van der Waals surface area contributed by atoms with Crippen LogP contribution in [0.5, 0.6) is 0 Å². The zero-order valence-corrected chi connectivity index (χ0v) is 12.9. The summed E-state index contributed by atoms with van der Waals surface area (Å²) in [5.74, 6) is 0. The van der Waals surface area contributed by atoms with Crippen LogP contribution in [0.15, 0.2) is 28.7 Å². The SMILES string of the molecule is CCC(c1ccc(Br)cc1)N1CCCC(NC)C1. The predicted molar refractivity (Wildman–Crippen MR) is 80.8 cm³/mol. The van der Waals surface area contributed by atoms with Crippen LogP contribution in [0.2, 0.25) is 0 Å². The lowest BCUT2D eigenvalue weighted by Gasteiger charge is -2.38. The highest BCUT2D eigenvalue weighted by atomic mass is 79.9. The summed E-state index contributed by atoms with van der Waals surface area (Å²) in [7, 11) is 2.08. The van der Waals surface area contributed by atoms with Gasteiger partial charge in [0.05, 0.1) is 0 Å². The number of nitrogens with zero attached hydrogens (tertiary/aromatic N) is 1. The lowest BCUT2D eigenvalue weighted by molar-refractivity contribution is 0.136. The quantitative estimate of drug-likeness (QED) is 0.914. The second-order valence-corrected chi connectivity index (χ2v) is 6.01. The first-order chi connectivity index (χ1) is 8.74. The number of benzene rings is 1. The maximum absolute atomic E-state index is 3.51. The molecule has 1 saturated heterocycles. The standard InChI is InChI=1S/C15H23BrN2/c1-3-15(12-6-8-13(16)9-7-12)18-10-4-5-14(11-18)17-2/h6-9,14-15,17H,3-5,10-11H2,1-2H3. The first kappa shape index (κ1) is 14.0. The van der Waals surface area contributed by atoms with Crippen LogP contribution >= 0.6 is 15.9 Å². The second-order valence-electron chi connectivity index (χ2n) is 5.10. The largest absolute Gasteiger partial charge is 0.316 e. The van der Waals surface area contributed by atoms with Crippen molar-refractivity contribution in [1.29, 1.82) is 0 Å². The molecule has 18 heavy (non-hydrogen) atoms. The van der Waals surface area contributed by atoms with Gasteiger partial charge in [-0.05, 0) is 50.6 Å². The zero-order valence-electron chi connectivity index (χ0n) is 11.3. The third-order valence-corrected chi connectivity index (χ3v) is 4.47. The van der Waals surface area contributed by atoms with Crippen LogP contribution in [0.25, 0.3) is 0 Å². The molecule has 1 aliphatic heterocycles. The molecule has 0 amide bonds. The predicted octanol–water partition coefficient (Wildman–Crippen LogP) is 3.58. The van der Waals surface area contributed by atoms with Gasteiger partial charge in [-0.15, -0.1) is 0 Å². The minimum Gasteiger partial charge on any atom is -0.316 e. The molecule has 2 atom stereocenters. The molecular weight excluding hydrogens is 288 g/mol. The fraction of sp³-hybridized carbons (Fsp3) is 0.600. The molecule has 2 nitrogen and oxygen atoms in total. The highest BCUT2D eigenvalue weighted by molar-refractivity contribution is 9.10. The van der Waals surface area contributed by atoms with E-state index >= 15 is 0 Å². The van der Waals surface area contributed by atoms with Crippen molar-refractivity contribution in [2.75, 3.05) is 20.1 Å². The first-order valence-electron chi connectivity index (χ1n) is 6.91. The lowest BCUT2D eigenvalue weighted by atomic mass is 9.98. The minimum absolute atomic E-state index is 0.564. The number of piperidine rings is 1. The summed E-state index contributed by atoms with van der Waals surface area (Å²) in [4.78, 5) is 2.63. The highest BCUT2D eigenvalue weighted by Crippen LogP contribution is 2.28. The van der Waals surface area contributed by atoms with E-state index in [2.05, 4.69) is 64.4 Å². The average Bonchev–Trinajstić information content (AvgIpc) is 2.42. The summed E-state index contributed by atoms with van der Waals surface area (Å²) in [6.07, 6.45) is 3.79. The Kier molecular flexibility index (Phi) is 5.22. The van der Waals surface area contributed by atoms with Gasteiger partial charge in [0.1, 0.15) is 0 Å². The molecule has 2 rings (SSSR count). The number of halogens is 1. The van der Waals surface area contributed by atoms with E-state index in [1.165, 1.54) is 37.9 Å². The van der Waals surface area contributed by atoms with Crippen LogP contribution in [0, 0.1) is 0 Å². The van der Waals surface area contributed by atoms with Gasteiger partial charge in [0.2, 0.25) is 0 Å². The summed E-state index contributed by atoms with van der Waals surface area (Å²) in [5, 5.41) is 3.42. The fourth-order valence-corrected chi connectivity index (χ4v) is 3.18. The van der Waals surface area contributed by atoms with Gasteiger partial charge in [-0.1, -0.05) is 35.0 Å². The summed E-state index contributed by atoms with van der Waals surface area (Å²) in [6.45, 7) is 4.69. The van der Waals surface area contributed by atoms with Crippen molar-refractivity contribution in [3.63, 3.8) is 0 Å². The molecule has 1 aromatic rings. The van der Waals surface area contributed by atoms with E-state index in [0.29, 0.717) is 12.1 Å². The van der Waals surface area contributed by atoms with Crippen LogP contribution in [0.1, 0.15) is 37.8 Å². The topological polar surface area (TPSA) is 15.3 Å². The minimum atomic E-state index is 0.564. The molecule has 0 aromatic heterocycles. The van der Waals surface area contributed by atoms with Crippen LogP contribution in [-0.2, 0) is 0 Å². The molecule has 0 saturated carbocycles. The van der Waals surface area contributed by atoms with Crippen LogP contribution in [0.3, 0.4) is 0 Å². The molecule has 3 heteroatoms. The van der Waals surface area contributed by atoms with Gasteiger partial charge in [0.15, 0.2) is 0 Å². The van der Waals surface area contributed by atoms with Crippen molar-refractivity contribution in [3.05, 3.63) is 34.3 Å². The number of rotatable bonds is 4. The van der Waals surface area contributed by atoms with Crippen molar-refractivity contribution in [3.8, 4) is 0 Å². The molecule has 1 heterocycles. The molecule has 100 valence electrons. The van der Waals surface area contributed by atoms with Crippen LogP contribution < -0.4 is 5.32 Å². The first-order valence-corrected chi connectivity index (χ1v) is 7.70. The molecule has 1 fully saturated rings. The van der Waals surface area contributed by atoms with Crippen molar-refractivity contribution >= 4 is 15.9 Å². The molecule has 1 N–H and O–H groups in total. The van der Waals surface area contributed by atoms with Crippen molar-refractivity contribution in [2.24, 2.45) is 0 Å². The number of nitrogens with one attached hydrogen (secondary N) is 1. The van der Waals surface area contributed by atoms with Crippen LogP contribution in [-0.4, -0.2) is 31.1 Å². The number of hydrogen-bond acceptors (Lipinski definition) is 2. The second kappa shape index (κ2) is 6.69. The van der Waals surface area contributed by atoms with Crippen LogP contribution in [0.4, 0.5) is 0 Å². The van der Waals surface area contributed by atoms with Gasteiger partial charge in [-0.2, -0.15) is 0 Å². The molecular formula is C15H23BrN2. The highest BCUT2D eigenvalue weighted by Gasteiger charge is 2.24. The molecule has 0 bridgehead atoms. The Bertz CT molecular complexity index is 363. The van der Waals surface area contributed by atoms with Crippen molar-refractivity contribution < 1.29 is 0 Å². The van der Waals surface area contributed by atoms with Gasteiger partial charge in [0, 0.05) is 23.1 Å². The van der Waals surface area contributed by atoms with Crippen molar-refractivity contribution in [2.45, 2.75) is 38.3 Å². The Hall–Kier alpha value is -0.380. The van der Waals surface area contributed by atoms with E-state index in [9.17, 15) is 0 Å². The Morgan fingerprint density at radius 2 is 2.11 bits per heavy atom. The molecule has 2 unspecified atom stereocenters. The fourth-order valence-electron chi connectivity index (χ4n) is 2.91. The smallest absolute Gasteiger partial charge is 0.0346 e. The number of hydrogen-bond donors (Lipinski definition) is 1. The summed E-state index contributed by atoms with van der Waals surface area (Å²) < 4.78 is 1.16. The molecule has 0 aliphatic carbocycles. The summed E-state index contributed by atoms with van der Waals surface area (Å²) in [6, 6.07) is 10.0. The molecule has 0 spiro atoms. The van der Waals surface area contributed by atoms with Crippen molar-refractivity contribution in [1.82, 2.24) is 10.2 Å². The van der Waals surface area contributed by atoms with E-state index in [-0.39, 0.29) is 0 Å². The molecule has 1 aliphatic rings. The van der Waals surface area contributed by atoms with Gasteiger partial charge in [0.25, 0.3) is 0 Å². The summed E-state index contributed by atoms with van der Waals surface area (Å²) in [5.41, 5.74) is 1.44. The van der Waals surface area contributed by atoms with Gasteiger partial charge < -0.3 is 5.32 Å². The Morgan fingerprint density at radius 1 is 1.39 bits per heavy atom. The van der Waals surface area contributed by atoms with E-state index in [4.69, 9.17) is 0 Å². The third kappa shape index (κ3) is 3.34. The maximum atomic E-state index is 3.51. The zero-order chi connectivity index (χ0) is 13.0. The van der Waals surface area contributed by atoms with E-state index in [0.717, 1.165) is 4.47 Å². The number of likely N-dealkylation sites (N-methyl/N-ethyl adjacent to an activating group) is 1. The van der Waals surface area contributed by atoms with E-state index in [1.807, 2.05) is 0 Å². The van der Waals surface area contributed by atoms with Gasteiger partial charge >= 0.3 is 0 Å². The van der Waals surface area contributed by atoms with E-state index in [1.54, 1.807) is 0 Å². The average molecular weight is 311 g/mol. The Balaban J connectivity index is 2.10. The molecule has 1 aromatic carbocycles.